The van der Waals surface area contributed by atoms with Crippen LogP contribution in [0.15, 0.2) is 57.7 Å². The molecule has 0 radical (unpaired) electrons. The Hall–Kier alpha value is -1.93. The van der Waals surface area contributed by atoms with Crippen LogP contribution in [-0.4, -0.2) is 13.0 Å². The number of benzene rings is 2. The second kappa shape index (κ2) is 7.59. The van der Waals surface area contributed by atoms with Gasteiger partial charge in [-0.2, -0.15) is 0 Å². The molecule has 5 nitrogen and oxygen atoms in total. The van der Waals surface area contributed by atoms with Gasteiger partial charge in [-0.05, 0) is 35.7 Å². The molecule has 3 aromatic rings. The van der Waals surface area contributed by atoms with Crippen molar-refractivity contribution in [2.45, 2.75) is 24.7 Å². The standard InChI is InChI=1S/C19H20ClN3O2S2/c1-12(2)13-4-7-15(8-5-13)22-19-23(3)17(11-26-19)14-6-9-16(20)18(10-14)27(21,24)25/h4-12H,1-3H3,(H2,21,24,25). The third-order valence-corrected chi connectivity index (χ3v) is 6.55. The topological polar surface area (TPSA) is 77.4 Å². The smallest absolute Gasteiger partial charge is 0.239 e. The lowest BCUT2D eigenvalue weighted by Crippen LogP contribution is -2.13. The molecule has 0 saturated carbocycles. The molecule has 0 saturated heterocycles. The predicted octanol–water partition coefficient (Wildman–Crippen LogP) is 4.41. The number of rotatable bonds is 4. The van der Waals surface area contributed by atoms with Crippen LogP contribution in [-0.2, 0) is 17.1 Å². The lowest BCUT2D eigenvalue weighted by molar-refractivity contribution is 0.598. The highest BCUT2D eigenvalue weighted by molar-refractivity contribution is 7.89. The normalized spacial score (nSPS) is 12.7. The monoisotopic (exact) mass is 421 g/mol. The zero-order chi connectivity index (χ0) is 19.8. The largest absolute Gasteiger partial charge is 0.320 e. The van der Waals surface area contributed by atoms with E-state index in [2.05, 4.69) is 31.0 Å². The number of primary sulfonamides is 1. The number of thiazole rings is 1. The van der Waals surface area contributed by atoms with Gasteiger partial charge < -0.3 is 4.57 Å². The zero-order valence-electron chi connectivity index (χ0n) is 15.2. The Bertz CT molecular complexity index is 1140. The highest BCUT2D eigenvalue weighted by atomic mass is 35.5. The van der Waals surface area contributed by atoms with Gasteiger partial charge in [-0.25, -0.2) is 18.5 Å². The summed E-state index contributed by atoms with van der Waals surface area (Å²) in [4.78, 5) is 5.40. The van der Waals surface area contributed by atoms with Gasteiger partial charge in [0.05, 0.1) is 16.4 Å². The van der Waals surface area contributed by atoms with Gasteiger partial charge in [0, 0.05) is 18.0 Å². The van der Waals surface area contributed by atoms with Crippen molar-refractivity contribution in [1.82, 2.24) is 4.57 Å². The van der Waals surface area contributed by atoms with Crippen molar-refractivity contribution in [1.29, 1.82) is 0 Å². The number of hydrogen-bond acceptors (Lipinski definition) is 4. The Kier molecular flexibility index (Phi) is 5.58. The number of aromatic nitrogens is 1. The Morgan fingerprint density at radius 2 is 1.81 bits per heavy atom. The van der Waals surface area contributed by atoms with Gasteiger partial charge in [0.25, 0.3) is 0 Å². The minimum absolute atomic E-state index is 0.0874. The Morgan fingerprint density at radius 1 is 1.15 bits per heavy atom. The van der Waals surface area contributed by atoms with E-state index >= 15 is 0 Å². The van der Waals surface area contributed by atoms with Crippen molar-refractivity contribution in [3.8, 4) is 11.3 Å². The van der Waals surface area contributed by atoms with E-state index in [0.717, 1.165) is 16.2 Å². The van der Waals surface area contributed by atoms with E-state index in [4.69, 9.17) is 16.7 Å². The van der Waals surface area contributed by atoms with Gasteiger partial charge in [0.15, 0.2) is 4.80 Å². The van der Waals surface area contributed by atoms with E-state index < -0.39 is 10.0 Å². The lowest BCUT2D eigenvalue weighted by Gasteiger charge is -2.07. The van der Waals surface area contributed by atoms with Crippen LogP contribution >= 0.6 is 22.9 Å². The molecular formula is C19H20ClN3O2S2. The van der Waals surface area contributed by atoms with Crippen LogP contribution in [0.25, 0.3) is 11.3 Å². The molecule has 1 aromatic heterocycles. The van der Waals surface area contributed by atoms with Gasteiger partial charge in [0.2, 0.25) is 10.0 Å². The van der Waals surface area contributed by atoms with Crippen molar-refractivity contribution in [2.24, 2.45) is 17.2 Å². The number of hydrogen-bond donors (Lipinski definition) is 1. The van der Waals surface area contributed by atoms with Gasteiger partial charge >= 0.3 is 0 Å². The van der Waals surface area contributed by atoms with Crippen molar-refractivity contribution >= 4 is 38.6 Å². The molecule has 8 heteroatoms. The first-order valence-electron chi connectivity index (χ1n) is 8.29. The molecular weight excluding hydrogens is 402 g/mol. The van der Waals surface area contributed by atoms with Crippen LogP contribution in [0.3, 0.4) is 0 Å². The van der Waals surface area contributed by atoms with Crippen LogP contribution in [0.1, 0.15) is 25.3 Å². The minimum Gasteiger partial charge on any atom is -0.320 e. The molecule has 2 aromatic carbocycles. The SMILES string of the molecule is CC(C)c1ccc(N=c2scc(-c3ccc(Cl)c(S(N)(=O)=O)c3)n2C)cc1. The first-order chi connectivity index (χ1) is 12.7. The predicted molar refractivity (Wildman–Crippen MR) is 111 cm³/mol. The van der Waals surface area contributed by atoms with E-state index in [-0.39, 0.29) is 9.92 Å². The summed E-state index contributed by atoms with van der Waals surface area (Å²) in [6, 6.07) is 12.9. The van der Waals surface area contributed by atoms with Crippen LogP contribution in [0.4, 0.5) is 5.69 Å². The third kappa shape index (κ3) is 4.32. The summed E-state index contributed by atoms with van der Waals surface area (Å²) in [6.07, 6.45) is 0. The molecule has 0 aliphatic carbocycles. The fraction of sp³-hybridized carbons (Fsp3) is 0.211. The lowest BCUT2D eigenvalue weighted by atomic mass is 10.0. The number of halogens is 1. The van der Waals surface area contributed by atoms with Crippen LogP contribution in [0.5, 0.6) is 0 Å². The maximum Gasteiger partial charge on any atom is 0.239 e. The van der Waals surface area contributed by atoms with Gasteiger partial charge in [-0.1, -0.05) is 43.6 Å². The van der Waals surface area contributed by atoms with Crippen LogP contribution < -0.4 is 9.94 Å². The summed E-state index contributed by atoms with van der Waals surface area (Å²) in [7, 11) is -2.00. The summed E-state index contributed by atoms with van der Waals surface area (Å²) in [5.74, 6) is 0.474. The highest BCUT2D eigenvalue weighted by Crippen LogP contribution is 2.28. The molecule has 0 atom stereocenters. The molecule has 2 N–H and O–H groups in total. The molecule has 0 fully saturated rings. The summed E-state index contributed by atoms with van der Waals surface area (Å²) in [6.45, 7) is 4.30. The highest BCUT2D eigenvalue weighted by Gasteiger charge is 2.15. The fourth-order valence-corrected chi connectivity index (χ4v) is 4.65. The average Bonchev–Trinajstić information content (AvgIpc) is 2.95. The van der Waals surface area contributed by atoms with Crippen LogP contribution in [0.2, 0.25) is 5.02 Å². The molecule has 0 amide bonds. The second-order valence-electron chi connectivity index (χ2n) is 6.51. The molecule has 0 spiro atoms. The first kappa shape index (κ1) is 19.8. The number of sulfonamides is 1. The summed E-state index contributed by atoms with van der Waals surface area (Å²) < 4.78 is 25.3. The molecule has 142 valence electrons. The van der Waals surface area contributed by atoms with Crippen molar-refractivity contribution in [3.63, 3.8) is 0 Å². The average molecular weight is 422 g/mol. The Balaban J connectivity index is 2.03. The van der Waals surface area contributed by atoms with E-state index in [1.807, 2.05) is 29.1 Å². The summed E-state index contributed by atoms with van der Waals surface area (Å²) >= 11 is 7.45. The third-order valence-electron chi connectivity index (χ3n) is 4.24. The number of nitrogens with two attached hydrogens (primary N) is 1. The first-order valence-corrected chi connectivity index (χ1v) is 11.1. The molecule has 3 rings (SSSR count). The molecule has 0 unspecified atom stereocenters. The zero-order valence-corrected chi connectivity index (χ0v) is 17.6. The van der Waals surface area contributed by atoms with E-state index in [9.17, 15) is 8.42 Å². The Morgan fingerprint density at radius 3 is 2.41 bits per heavy atom. The summed E-state index contributed by atoms with van der Waals surface area (Å²) in [5, 5.41) is 7.28. The quantitative estimate of drug-likeness (QED) is 0.677. The molecule has 0 aliphatic heterocycles. The molecule has 1 heterocycles. The van der Waals surface area contributed by atoms with Gasteiger partial charge in [0.1, 0.15) is 4.90 Å². The van der Waals surface area contributed by atoms with Crippen LogP contribution in [0, 0.1) is 0 Å². The van der Waals surface area contributed by atoms with Crippen molar-refractivity contribution in [3.05, 3.63) is 63.2 Å². The van der Waals surface area contributed by atoms with E-state index in [0.29, 0.717) is 11.5 Å². The van der Waals surface area contributed by atoms with E-state index in [1.54, 1.807) is 6.07 Å². The molecule has 0 bridgehead atoms. The number of nitrogens with zero attached hydrogens (tertiary/aromatic N) is 2. The maximum atomic E-state index is 11.7. The fourth-order valence-electron chi connectivity index (χ4n) is 2.66. The van der Waals surface area contributed by atoms with Crippen molar-refractivity contribution < 1.29 is 8.42 Å². The van der Waals surface area contributed by atoms with Gasteiger partial charge in [-0.3, -0.25) is 0 Å². The summed E-state index contributed by atoms with van der Waals surface area (Å²) in [5.41, 5.74) is 3.67. The molecule has 0 aliphatic rings. The second-order valence-corrected chi connectivity index (χ2v) is 9.28. The van der Waals surface area contributed by atoms with Crippen molar-refractivity contribution in [2.75, 3.05) is 0 Å². The minimum atomic E-state index is -3.89. The Labute approximate surface area is 167 Å². The van der Waals surface area contributed by atoms with Gasteiger partial charge in [-0.15, -0.1) is 11.3 Å². The molecule has 27 heavy (non-hydrogen) atoms. The van der Waals surface area contributed by atoms with E-state index in [1.165, 1.54) is 29.0 Å². The maximum absolute atomic E-state index is 11.7.